The number of alkyl halides is 3. The Morgan fingerprint density at radius 3 is 2.67 bits per heavy atom. The molecule has 6 nitrogen and oxygen atoms in total. The lowest BCUT2D eigenvalue weighted by molar-refractivity contribution is -0.157. The van der Waals surface area contributed by atoms with Crippen LogP contribution >= 0.6 is 0 Å². The Morgan fingerprint density at radius 2 is 2.11 bits per heavy atom. The third-order valence-electron chi connectivity index (χ3n) is 2.28. The molecule has 0 aromatic carbocycles. The minimum atomic E-state index is -4.45. The zero-order chi connectivity index (χ0) is 13.8. The van der Waals surface area contributed by atoms with Gasteiger partial charge in [0.25, 0.3) is 0 Å². The van der Waals surface area contributed by atoms with Crippen molar-refractivity contribution < 1.29 is 32.6 Å². The van der Waals surface area contributed by atoms with Gasteiger partial charge < -0.3 is 15.2 Å². The van der Waals surface area contributed by atoms with Gasteiger partial charge in [-0.05, 0) is 0 Å². The highest BCUT2D eigenvalue weighted by Gasteiger charge is 2.30. The Bertz CT molecular complexity index is 321. The van der Waals surface area contributed by atoms with Crippen LogP contribution in [0.25, 0.3) is 0 Å². The van der Waals surface area contributed by atoms with Gasteiger partial charge in [-0.1, -0.05) is 0 Å². The summed E-state index contributed by atoms with van der Waals surface area (Å²) in [4.78, 5) is 23.3. The second-order valence-corrected chi connectivity index (χ2v) is 3.82. The fraction of sp³-hybridized carbons (Fsp3) is 0.778. The Morgan fingerprint density at radius 1 is 1.44 bits per heavy atom. The van der Waals surface area contributed by atoms with Gasteiger partial charge in [-0.15, -0.1) is 0 Å². The number of aliphatic carboxylic acids is 1. The molecule has 0 aliphatic carbocycles. The molecule has 1 saturated heterocycles. The minimum Gasteiger partial charge on any atom is -0.479 e. The predicted octanol–water partition coefficient (Wildman–Crippen LogP) is -0.550. The van der Waals surface area contributed by atoms with Gasteiger partial charge in [-0.3, -0.25) is 9.69 Å². The van der Waals surface area contributed by atoms with E-state index in [4.69, 9.17) is 9.84 Å². The van der Waals surface area contributed by atoms with Crippen molar-refractivity contribution in [2.24, 2.45) is 0 Å². The zero-order valence-electron chi connectivity index (χ0n) is 9.37. The summed E-state index contributed by atoms with van der Waals surface area (Å²) in [5.74, 6) is -1.95. The van der Waals surface area contributed by atoms with Crippen LogP contribution in [0.15, 0.2) is 0 Å². The highest BCUT2D eigenvalue weighted by Crippen LogP contribution is 2.12. The van der Waals surface area contributed by atoms with E-state index in [0.717, 1.165) is 0 Å². The van der Waals surface area contributed by atoms with Crippen LogP contribution in [-0.2, 0) is 14.3 Å². The van der Waals surface area contributed by atoms with E-state index in [1.54, 1.807) is 5.32 Å². The number of carboxylic acids is 1. The number of halogens is 3. The molecular formula is C9H13F3N2O4. The van der Waals surface area contributed by atoms with Crippen LogP contribution in [0.1, 0.15) is 0 Å². The Kier molecular flexibility index (Phi) is 4.91. The molecule has 0 aromatic heterocycles. The average Bonchev–Trinajstić information content (AvgIpc) is 2.26. The van der Waals surface area contributed by atoms with Crippen LogP contribution in [0.3, 0.4) is 0 Å². The molecule has 0 radical (unpaired) electrons. The lowest BCUT2D eigenvalue weighted by Crippen LogP contribution is -2.50. The first kappa shape index (κ1) is 14.7. The molecule has 1 aliphatic rings. The first-order valence-corrected chi connectivity index (χ1v) is 5.18. The summed E-state index contributed by atoms with van der Waals surface area (Å²) in [6.45, 7) is -1.25. The number of nitrogens with one attached hydrogen (secondary N) is 1. The highest BCUT2D eigenvalue weighted by molar-refractivity contribution is 5.78. The fourth-order valence-electron chi connectivity index (χ4n) is 1.45. The number of rotatable bonds is 4. The predicted molar refractivity (Wildman–Crippen MR) is 52.9 cm³/mol. The highest BCUT2D eigenvalue weighted by atomic mass is 19.4. The van der Waals surface area contributed by atoms with Crippen LogP contribution in [0.2, 0.25) is 0 Å². The van der Waals surface area contributed by atoms with E-state index >= 15 is 0 Å². The summed E-state index contributed by atoms with van der Waals surface area (Å²) in [6, 6.07) is 0. The molecule has 0 saturated carbocycles. The SMILES string of the molecule is O=C(CN1CCOC(C(=O)O)C1)NCC(F)(F)F. The van der Waals surface area contributed by atoms with Crippen molar-refractivity contribution in [2.75, 3.05) is 32.8 Å². The van der Waals surface area contributed by atoms with E-state index in [9.17, 15) is 22.8 Å². The molecule has 18 heavy (non-hydrogen) atoms. The number of ether oxygens (including phenoxy) is 1. The lowest BCUT2D eigenvalue weighted by atomic mass is 10.2. The van der Waals surface area contributed by atoms with Gasteiger partial charge in [0.1, 0.15) is 6.54 Å². The second kappa shape index (κ2) is 6.01. The van der Waals surface area contributed by atoms with Crippen molar-refractivity contribution in [3.8, 4) is 0 Å². The van der Waals surface area contributed by atoms with Crippen LogP contribution in [-0.4, -0.2) is 66.9 Å². The van der Waals surface area contributed by atoms with Gasteiger partial charge in [0, 0.05) is 13.1 Å². The maximum absolute atomic E-state index is 11.8. The van der Waals surface area contributed by atoms with E-state index in [1.165, 1.54) is 4.90 Å². The van der Waals surface area contributed by atoms with Crippen molar-refractivity contribution in [3.63, 3.8) is 0 Å². The molecule has 1 aliphatic heterocycles. The number of carboxylic acid groups (broad SMARTS) is 1. The normalized spacial score (nSPS) is 21.6. The molecule has 0 bridgehead atoms. The number of nitrogens with zero attached hydrogens (tertiary/aromatic N) is 1. The van der Waals surface area contributed by atoms with E-state index in [1.807, 2.05) is 0 Å². The van der Waals surface area contributed by atoms with E-state index in [0.29, 0.717) is 6.54 Å². The zero-order valence-corrected chi connectivity index (χ0v) is 9.37. The van der Waals surface area contributed by atoms with Crippen molar-refractivity contribution in [1.29, 1.82) is 0 Å². The Labute approximate surface area is 101 Å². The Hall–Kier alpha value is -1.35. The van der Waals surface area contributed by atoms with Gasteiger partial charge >= 0.3 is 12.1 Å². The Balaban J connectivity index is 2.33. The van der Waals surface area contributed by atoms with Gasteiger partial charge in [-0.2, -0.15) is 13.2 Å². The van der Waals surface area contributed by atoms with E-state index < -0.39 is 30.7 Å². The molecule has 1 atom stereocenters. The lowest BCUT2D eigenvalue weighted by Gasteiger charge is -2.30. The summed E-state index contributed by atoms with van der Waals surface area (Å²) in [6.07, 6.45) is -5.50. The maximum atomic E-state index is 11.8. The van der Waals surface area contributed by atoms with Gasteiger partial charge in [0.2, 0.25) is 5.91 Å². The molecule has 0 spiro atoms. The number of carbonyl (C=O) groups is 2. The summed E-state index contributed by atoms with van der Waals surface area (Å²) in [7, 11) is 0. The molecule has 1 rings (SSSR count). The summed E-state index contributed by atoms with van der Waals surface area (Å²) in [5.41, 5.74) is 0. The molecule has 1 amide bonds. The summed E-state index contributed by atoms with van der Waals surface area (Å²) >= 11 is 0. The van der Waals surface area contributed by atoms with Crippen LogP contribution < -0.4 is 5.32 Å². The topological polar surface area (TPSA) is 78.9 Å². The molecule has 1 unspecified atom stereocenters. The second-order valence-electron chi connectivity index (χ2n) is 3.82. The first-order chi connectivity index (χ1) is 8.28. The van der Waals surface area contributed by atoms with E-state index in [-0.39, 0.29) is 19.7 Å². The van der Waals surface area contributed by atoms with Gasteiger partial charge in [-0.25, -0.2) is 4.79 Å². The van der Waals surface area contributed by atoms with Crippen molar-refractivity contribution in [1.82, 2.24) is 10.2 Å². The number of morpholine rings is 1. The fourth-order valence-corrected chi connectivity index (χ4v) is 1.45. The number of carbonyl (C=O) groups excluding carboxylic acids is 1. The smallest absolute Gasteiger partial charge is 0.405 e. The molecule has 1 heterocycles. The van der Waals surface area contributed by atoms with Gasteiger partial charge in [0.05, 0.1) is 13.2 Å². The van der Waals surface area contributed by atoms with Crippen molar-refractivity contribution in [2.45, 2.75) is 12.3 Å². The third-order valence-corrected chi connectivity index (χ3v) is 2.28. The third kappa shape index (κ3) is 5.32. The maximum Gasteiger partial charge on any atom is 0.405 e. The van der Waals surface area contributed by atoms with Crippen molar-refractivity contribution >= 4 is 11.9 Å². The largest absolute Gasteiger partial charge is 0.479 e. The molecular weight excluding hydrogens is 257 g/mol. The monoisotopic (exact) mass is 270 g/mol. The quantitative estimate of drug-likeness (QED) is 0.716. The van der Waals surface area contributed by atoms with Crippen molar-refractivity contribution in [3.05, 3.63) is 0 Å². The number of hydrogen-bond donors (Lipinski definition) is 2. The number of amides is 1. The summed E-state index contributed by atoms with van der Waals surface area (Å²) in [5, 5.41) is 10.4. The standard InChI is InChI=1S/C9H13F3N2O4/c10-9(11,12)5-13-7(15)4-14-1-2-18-6(3-14)8(16)17/h6H,1-5H2,(H,13,15)(H,16,17). The van der Waals surface area contributed by atoms with Crippen LogP contribution in [0, 0.1) is 0 Å². The first-order valence-electron chi connectivity index (χ1n) is 5.18. The van der Waals surface area contributed by atoms with E-state index in [2.05, 4.69) is 0 Å². The number of hydrogen-bond acceptors (Lipinski definition) is 4. The van der Waals surface area contributed by atoms with Crippen LogP contribution in [0.5, 0.6) is 0 Å². The molecule has 1 fully saturated rings. The molecule has 9 heteroatoms. The molecule has 0 aromatic rings. The van der Waals surface area contributed by atoms with Gasteiger partial charge in [0.15, 0.2) is 6.10 Å². The average molecular weight is 270 g/mol. The minimum absolute atomic E-state index is 0.0191. The molecule has 104 valence electrons. The van der Waals surface area contributed by atoms with Crippen LogP contribution in [0.4, 0.5) is 13.2 Å². The molecule has 2 N–H and O–H groups in total. The summed E-state index contributed by atoms with van der Waals surface area (Å²) < 4.78 is 40.4.